The van der Waals surface area contributed by atoms with Gasteiger partial charge in [-0.05, 0) is 36.5 Å². The lowest BCUT2D eigenvalue weighted by atomic mass is 10.2. The first kappa shape index (κ1) is 17.4. The Bertz CT molecular complexity index is 532. The highest BCUT2D eigenvalue weighted by molar-refractivity contribution is 7.89. The van der Waals surface area contributed by atoms with Crippen LogP contribution in [0.25, 0.3) is 0 Å². The maximum Gasteiger partial charge on any atom is 0.240 e. The minimum absolute atomic E-state index is 0. The SMILES string of the molecule is COCc1cccc(S(=O)(=O)NCC(N)C2CC2)c1.Cl. The van der Waals surface area contributed by atoms with Crippen LogP contribution in [0.15, 0.2) is 29.2 Å². The molecule has 1 aliphatic carbocycles. The van der Waals surface area contributed by atoms with Crippen molar-refractivity contribution in [3.63, 3.8) is 0 Å². The molecular weight excluding hydrogens is 300 g/mol. The number of nitrogens with one attached hydrogen (secondary N) is 1. The zero-order valence-electron chi connectivity index (χ0n) is 11.4. The van der Waals surface area contributed by atoms with Gasteiger partial charge in [0, 0.05) is 19.7 Å². The van der Waals surface area contributed by atoms with Crippen LogP contribution in [-0.4, -0.2) is 28.1 Å². The molecule has 0 radical (unpaired) electrons. The quantitative estimate of drug-likeness (QED) is 0.792. The average Bonchev–Trinajstić information content (AvgIpc) is 3.21. The molecule has 0 aliphatic heterocycles. The van der Waals surface area contributed by atoms with Crippen molar-refractivity contribution in [2.45, 2.75) is 30.4 Å². The summed E-state index contributed by atoms with van der Waals surface area (Å²) < 4.78 is 31.8. The van der Waals surface area contributed by atoms with Crippen LogP contribution < -0.4 is 10.5 Å². The van der Waals surface area contributed by atoms with Crippen LogP contribution in [-0.2, 0) is 21.4 Å². The highest BCUT2D eigenvalue weighted by atomic mass is 35.5. The number of hydrogen-bond donors (Lipinski definition) is 2. The number of ether oxygens (including phenoxy) is 1. The third-order valence-corrected chi connectivity index (χ3v) is 4.68. The van der Waals surface area contributed by atoms with E-state index < -0.39 is 10.0 Å². The molecule has 0 amide bonds. The Kier molecular flexibility index (Phi) is 6.42. The lowest BCUT2D eigenvalue weighted by Crippen LogP contribution is -2.38. The third kappa shape index (κ3) is 4.71. The fraction of sp³-hybridized carbons (Fsp3) is 0.538. The summed E-state index contributed by atoms with van der Waals surface area (Å²) in [5.74, 6) is 0.475. The van der Waals surface area contributed by atoms with Crippen molar-refractivity contribution < 1.29 is 13.2 Å². The molecule has 1 saturated carbocycles. The van der Waals surface area contributed by atoms with Gasteiger partial charge < -0.3 is 10.5 Å². The summed E-state index contributed by atoms with van der Waals surface area (Å²) in [5.41, 5.74) is 6.73. The molecule has 20 heavy (non-hydrogen) atoms. The average molecular weight is 321 g/mol. The van der Waals surface area contributed by atoms with Gasteiger partial charge in [0.25, 0.3) is 0 Å². The molecule has 114 valence electrons. The fourth-order valence-electron chi connectivity index (χ4n) is 1.95. The van der Waals surface area contributed by atoms with E-state index in [2.05, 4.69) is 4.72 Å². The largest absolute Gasteiger partial charge is 0.380 e. The number of methoxy groups -OCH3 is 1. The molecule has 1 aromatic rings. The number of sulfonamides is 1. The Morgan fingerprint density at radius 1 is 1.45 bits per heavy atom. The summed E-state index contributed by atoms with van der Waals surface area (Å²) in [5, 5.41) is 0. The molecule has 1 aliphatic rings. The van der Waals surface area contributed by atoms with Gasteiger partial charge in [0.1, 0.15) is 0 Å². The molecule has 0 saturated heterocycles. The van der Waals surface area contributed by atoms with Crippen molar-refractivity contribution in [1.29, 1.82) is 0 Å². The highest BCUT2D eigenvalue weighted by Crippen LogP contribution is 2.31. The summed E-state index contributed by atoms with van der Waals surface area (Å²) in [6.45, 7) is 0.687. The number of rotatable bonds is 7. The molecular formula is C13H21ClN2O3S. The van der Waals surface area contributed by atoms with Gasteiger partial charge in [0.05, 0.1) is 11.5 Å². The minimum Gasteiger partial charge on any atom is -0.380 e. The summed E-state index contributed by atoms with van der Waals surface area (Å²) in [7, 11) is -1.91. The van der Waals surface area contributed by atoms with Gasteiger partial charge in [-0.2, -0.15) is 0 Å². The monoisotopic (exact) mass is 320 g/mol. The first-order valence-corrected chi connectivity index (χ1v) is 7.84. The van der Waals surface area contributed by atoms with Crippen LogP contribution in [0.4, 0.5) is 0 Å². The fourth-order valence-corrected chi connectivity index (χ4v) is 3.09. The Labute approximate surface area is 126 Å². The first-order valence-electron chi connectivity index (χ1n) is 6.36. The molecule has 0 aromatic heterocycles. The van der Waals surface area contributed by atoms with Crippen LogP contribution in [0.1, 0.15) is 18.4 Å². The Hall–Kier alpha value is -0.660. The number of halogens is 1. The normalized spacial score (nSPS) is 16.5. The summed E-state index contributed by atoms with van der Waals surface area (Å²) in [4.78, 5) is 0.255. The zero-order chi connectivity index (χ0) is 13.9. The Morgan fingerprint density at radius 2 is 2.15 bits per heavy atom. The van der Waals surface area contributed by atoms with Gasteiger partial charge in [-0.1, -0.05) is 12.1 Å². The minimum atomic E-state index is -3.49. The Morgan fingerprint density at radius 3 is 2.75 bits per heavy atom. The predicted molar refractivity (Wildman–Crippen MR) is 80.3 cm³/mol. The van der Waals surface area contributed by atoms with Crippen LogP contribution in [0, 0.1) is 5.92 Å². The molecule has 1 atom stereocenters. The van der Waals surface area contributed by atoms with Crippen molar-refractivity contribution in [2.75, 3.05) is 13.7 Å². The summed E-state index contributed by atoms with van der Waals surface area (Å²) in [6, 6.07) is 6.65. The van der Waals surface area contributed by atoms with E-state index in [1.807, 2.05) is 6.07 Å². The van der Waals surface area contributed by atoms with Crippen molar-refractivity contribution in [2.24, 2.45) is 11.7 Å². The smallest absolute Gasteiger partial charge is 0.240 e. The van der Waals surface area contributed by atoms with E-state index in [1.54, 1.807) is 25.3 Å². The molecule has 0 bridgehead atoms. The summed E-state index contributed by atoms with van der Waals surface area (Å²) in [6.07, 6.45) is 2.21. The molecule has 0 heterocycles. The molecule has 2 rings (SSSR count). The Balaban J connectivity index is 0.00000200. The van der Waals surface area contributed by atoms with Crippen molar-refractivity contribution in [3.8, 4) is 0 Å². The van der Waals surface area contributed by atoms with Crippen LogP contribution in [0.3, 0.4) is 0 Å². The van der Waals surface area contributed by atoms with E-state index in [0.717, 1.165) is 18.4 Å². The molecule has 1 fully saturated rings. The van der Waals surface area contributed by atoms with E-state index in [9.17, 15) is 8.42 Å². The number of hydrogen-bond acceptors (Lipinski definition) is 4. The molecule has 0 spiro atoms. The van der Waals surface area contributed by atoms with E-state index in [4.69, 9.17) is 10.5 Å². The molecule has 5 nitrogen and oxygen atoms in total. The molecule has 7 heteroatoms. The summed E-state index contributed by atoms with van der Waals surface area (Å²) >= 11 is 0. The zero-order valence-corrected chi connectivity index (χ0v) is 13.0. The standard InChI is InChI=1S/C13H20N2O3S.ClH/c1-18-9-10-3-2-4-12(7-10)19(16,17)15-8-13(14)11-5-6-11;/h2-4,7,11,13,15H,5-6,8-9,14H2,1H3;1H. The van der Waals surface area contributed by atoms with E-state index in [-0.39, 0.29) is 23.3 Å². The second-order valence-corrected chi connectivity index (χ2v) is 6.70. The predicted octanol–water partition coefficient (Wildman–Crippen LogP) is 1.27. The molecule has 1 aromatic carbocycles. The highest BCUT2D eigenvalue weighted by Gasteiger charge is 2.29. The van der Waals surface area contributed by atoms with Gasteiger partial charge >= 0.3 is 0 Å². The van der Waals surface area contributed by atoms with Crippen molar-refractivity contribution >= 4 is 22.4 Å². The topological polar surface area (TPSA) is 81.4 Å². The van der Waals surface area contributed by atoms with E-state index >= 15 is 0 Å². The maximum absolute atomic E-state index is 12.1. The maximum atomic E-state index is 12.1. The van der Waals surface area contributed by atoms with Gasteiger partial charge in [-0.25, -0.2) is 13.1 Å². The van der Waals surface area contributed by atoms with Crippen LogP contribution >= 0.6 is 12.4 Å². The second kappa shape index (κ2) is 7.38. The number of nitrogens with two attached hydrogens (primary N) is 1. The lowest BCUT2D eigenvalue weighted by molar-refractivity contribution is 0.184. The molecule has 3 N–H and O–H groups in total. The van der Waals surface area contributed by atoms with Gasteiger partial charge in [0.2, 0.25) is 10.0 Å². The molecule has 1 unspecified atom stereocenters. The van der Waals surface area contributed by atoms with Crippen molar-refractivity contribution in [3.05, 3.63) is 29.8 Å². The van der Waals surface area contributed by atoms with Crippen molar-refractivity contribution in [1.82, 2.24) is 4.72 Å². The second-order valence-electron chi connectivity index (χ2n) is 4.93. The lowest BCUT2D eigenvalue weighted by Gasteiger charge is -2.12. The number of benzene rings is 1. The van der Waals surface area contributed by atoms with Crippen LogP contribution in [0.2, 0.25) is 0 Å². The van der Waals surface area contributed by atoms with E-state index in [1.165, 1.54) is 0 Å². The van der Waals surface area contributed by atoms with Gasteiger partial charge in [-0.3, -0.25) is 0 Å². The van der Waals surface area contributed by atoms with Gasteiger partial charge in [-0.15, -0.1) is 12.4 Å². The first-order chi connectivity index (χ1) is 9.03. The van der Waals surface area contributed by atoms with E-state index in [0.29, 0.717) is 19.1 Å². The van der Waals surface area contributed by atoms with Crippen LogP contribution in [0.5, 0.6) is 0 Å². The van der Waals surface area contributed by atoms with Gasteiger partial charge in [0.15, 0.2) is 0 Å². The third-order valence-electron chi connectivity index (χ3n) is 3.26.